The molecule has 1 saturated carbocycles. The lowest BCUT2D eigenvalue weighted by atomic mass is 10.1. The van der Waals surface area contributed by atoms with Crippen LogP contribution in [0.5, 0.6) is 5.75 Å². The summed E-state index contributed by atoms with van der Waals surface area (Å²) in [5.74, 6) is -0.128. The number of hydrogen-bond acceptors (Lipinski definition) is 5. The van der Waals surface area contributed by atoms with E-state index in [1.54, 1.807) is 28.0 Å². The Morgan fingerprint density at radius 1 is 0.903 bits per heavy atom. The number of benzene rings is 2. The van der Waals surface area contributed by atoms with E-state index in [1.807, 2.05) is 18.2 Å². The summed E-state index contributed by atoms with van der Waals surface area (Å²) in [5.41, 5.74) is 0.898. The molecule has 1 saturated heterocycles. The number of carbonyl (C=O) groups excluding carboxylic acids is 2. The highest BCUT2D eigenvalue weighted by atomic mass is 32.2. The van der Waals surface area contributed by atoms with E-state index in [2.05, 4.69) is 4.72 Å². The van der Waals surface area contributed by atoms with Gasteiger partial charge in [0, 0.05) is 43.3 Å². The molecule has 2 aliphatic rings. The highest BCUT2D eigenvalue weighted by Crippen LogP contribution is 2.29. The molecule has 1 N–H and O–H groups in total. The van der Waals surface area contributed by atoms with Gasteiger partial charge in [0.1, 0.15) is 10.6 Å². The second-order valence-electron chi connectivity index (χ2n) is 7.71. The molecule has 2 fully saturated rings. The normalized spacial score (nSPS) is 16.8. The fraction of sp³-hybridized carbons (Fsp3) is 0.364. The largest absolute Gasteiger partial charge is 0.495 e. The van der Waals surface area contributed by atoms with E-state index >= 15 is 0 Å². The van der Waals surface area contributed by atoms with Gasteiger partial charge in [0.2, 0.25) is 10.0 Å². The van der Waals surface area contributed by atoms with Crippen molar-refractivity contribution in [2.45, 2.75) is 23.8 Å². The van der Waals surface area contributed by atoms with Gasteiger partial charge in [-0.15, -0.1) is 0 Å². The molecule has 2 aromatic rings. The number of sulfonamides is 1. The van der Waals surface area contributed by atoms with E-state index in [4.69, 9.17) is 4.74 Å². The van der Waals surface area contributed by atoms with Gasteiger partial charge in [-0.05, 0) is 43.2 Å². The number of ether oxygens (including phenoxy) is 1. The minimum Gasteiger partial charge on any atom is -0.495 e. The molecule has 4 rings (SSSR count). The van der Waals surface area contributed by atoms with Gasteiger partial charge in [-0.3, -0.25) is 9.59 Å². The molecule has 1 aliphatic heterocycles. The Morgan fingerprint density at radius 2 is 1.48 bits per heavy atom. The van der Waals surface area contributed by atoms with E-state index in [-0.39, 0.29) is 34.1 Å². The molecule has 2 aromatic carbocycles. The summed E-state index contributed by atoms with van der Waals surface area (Å²) >= 11 is 0. The lowest BCUT2D eigenvalue weighted by Crippen LogP contribution is -2.50. The second-order valence-corrected chi connectivity index (χ2v) is 9.39. The number of nitrogens with zero attached hydrogens (tertiary/aromatic N) is 2. The molecule has 1 aliphatic carbocycles. The van der Waals surface area contributed by atoms with Crippen molar-refractivity contribution in [3.05, 3.63) is 59.7 Å². The fourth-order valence-electron chi connectivity index (χ4n) is 3.56. The van der Waals surface area contributed by atoms with Gasteiger partial charge in [-0.2, -0.15) is 0 Å². The van der Waals surface area contributed by atoms with Crippen LogP contribution < -0.4 is 9.46 Å². The van der Waals surface area contributed by atoms with Crippen LogP contribution in [0.25, 0.3) is 0 Å². The zero-order valence-corrected chi connectivity index (χ0v) is 18.1. The molecule has 0 unspecified atom stereocenters. The summed E-state index contributed by atoms with van der Waals surface area (Å²) in [6.07, 6.45) is 1.62. The first-order chi connectivity index (χ1) is 14.9. The van der Waals surface area contributed by atoms with Gasteiger partial charge in [0.05, 0.1) is 7.11 Å². The van der Waals surface area contributed by atoms with E-state index in [9.17, 15) is 18.0 Å². The molecule has 0 bridgehead atoms. The molecule has 0 spiro atoms. The van der Waals surface area contributed by atoms with Gasteiger partial charge in [0.25, 0.3) is 11.8 Å². The molecule has 2 amide bonds. The van der Waals surface area contributed by atoms with Crippen LogP contribution in [0, 0.1) is 0 Å². The quantitative estimate of drug-likeness (QED) is 0.734. The van der Waals surface area contributed by atoms with Crippen molar-refractivity contribution in [1.29, 1.82) is 0 Å². The van der Waals surface area contributed by atoms with Gasteiger partial charge >= 0.3 is 0 Å². The Balaban J connectivity index is 1.46. The van der Waals surface area contributed by atoms with Crippen LogP contribution in [-0.2, 0) is 10.0 Å². The van der Waals surface area contributed by atoms with Crippen molar-refractivity contribution in [3.8, 4) is 5.75 Å². The predicted molar refractivity (Wildman–Crippen MR) is 115 cm³/mol. The first-order valence-electron chi connectivity index (χ1n) is 10.2. The summed E-state index contributed by atoms with van der Waals surface area (Å²) in [6, 6.07) is 13.4. The zero-order chi connectivity index (χ0) is 22.0. The van der Waals surface area contributed by atoms with Crippen LogP contribution in [0.15, 0.2) is 53.4 Å². The number of piperazine rings is 1. The van der Waals surface area contributed by atoms with Crippen LogP contribution in [0.1, 0.15) is 33.6 Å². The topological polar surface area (TPSA) is 96.0 Å². The van der Waals surface area contributed by atoms with Crippen molar-refractivity contribution in [1.82, 2.24) is 14.5 Å². The third-order valence-corrected chi connectivity index (χ3v) is 7.02. The summed E-state index contributed by atoms with van der Waals surface area (Å²) in [7, 11) is -2.38. The average molecular weight is 444 g/mol. The lowest BCUT2D eigenvalue weighted by molar-refractivity contribution is 0.0535. The Morgan fingerprint density at radius 3 is 2.03 bits per heavy atom. The van der Waals surface area contributed by atoms with Crippen LogP contribution >= 0.6 is 0 Å². The molecule has 1 heterocycles. The minimum atomic E-state index is -3.78. The van der Waals surface area contributed by atoms with Crippen molar-refractivity contribution >= 4 is 21.8 Å². The first-order valence-corrected chi connectivity index (χ1v) is 11.7. The standard InChI is InChI=1S/C22H25N3O5S/c1-30-19-10-7-17(15-20(19)31(28,29)23-18-8-9-18)22(27)25-13-11-24(12-14-25)21(26)16-5-3-2-4-6-16/h2-7,10,15,18,23H,8-9,11-14H2,1H3. The maximum atomic E-state index is 13.0. The molecular weight excluding hydrogens is 418 g/mol. The van der Waals surface area contributed by atoms with E-state index < -0.39 is 10.0 Å². The van der Waals surface area contributed by atoms with Crippen molar-refractivity contribution in [3.63, 3.8) is 0 Å². The maximum Gasteiger partial charge on any atom is 0.254 e. The molecule has 31 heavy (non-hydrogen) atoms. The third kappa shape index (κ3) is 4.72. The van der Waals surface area contributed by atoms with E-state index in [1.165, 1.54) is 19.2 Å². The Labute approximate surface area is 181 Å². The lowest BCUT2D eigenvalue weighted by Gasteiger charge is -2.35. The van der Waals surface area contributed by atoms with Gasteiger partial charge in [-0.1, -0.05) is 18.2 Å². The van der Waals surface area contributed by atoms with Crippen LogP contribution in [-0.4, -0.2) is 69.4 Å². The highest BCUT2D eigenvalue weighted by molar-refractivity contribution is 7.89. The van der Waals surface area contributed by atoms with Crippen molar-refractivity contribution in [2.24, 2.45) is 0 Å². The summed E-state index contributed by atoms with van der Waals surface area (Å²) in [5, 5.41) is 0. The van der Waals surface area contributed by atoms with Crippen molar-refractivity contribution in [2.75, 3.05) is 33.3 Å². The van der Waals surface area contributed by atoms with Gasteiger partial charge in [-0.25, -0.2) is 13.1 Å². The first kappa shape index (κ1) is 21.3. The number of amides is 2. The van der Waals surface area contributed by atoms with Crippen LogP contribution in [0.3, 0.4) is 0 Å². The summed E-state index contributed by atoms with van der Waals surface area (Å²) in [6.45, 7) is 1.60. The van der Waals surface area contributed by atoms with Gasteiger partial charge < -0.3 is 14.5 Å². The molecule has 164 valence electrons. The Bertz CT molecular complexity index is 1080. The molecule has 0 atom stereocenters. The maximum absolute atomic E-state index is 13.0. The number of methoxy groups -OCH3 is 1. The van der Waals surface area contributed by atoms with E-state index in [0.717, 1.165) is 12.8 Å². The molecular formula is C22H25N3O5S. The smallest absolute Gasteiger partial charge is 0.254 e. The van der Waals surface area contributed by atoms with E-state index in [0.29, 0.717) is 31.7 Å². The van der Waals surface area contributed by atoms with Crippen LogP contribution in [0.4, 0.5) is 0 Å². The molecule has 0 aromatic heterocycles. The number of hydrogen-bond donors (Lipinski definition) is 1. The van der Waals surface area contributed by atoms with Crippen molar-refractivity contribution < 1.29 is 22.7 Å². The highest BCUT2D eigenvalue weighted by Gasteiger charge is 2.31. The SMILES string of the molecule is COc1ccc(C(=O)N2CCN(C(=O)c3ccccc3)CC2)cc1S(=O)(=O)NC1CC1. The molecule has 8 nitrogen and oxygen atoms in total. The summed E-state index contributed by atoms with van der Waals surface area (Å²) < 4.78 is 33.2. The predicted octanol–water partition coefficient (Wildman–Crippen LogP) is 1.73. The molecule has 9 heteroatoms. The zero-order valence-electron chi connectivity index (χ0n) is 17.3. The Kier molecular flexibility index (Phi) is 5.97. The number of carbonyl (C=O) groups is 2. The third-order valence-electron chi connectivity index (χ3n) is 5.47. The summed E-state index contributed by atoms with van der Waals surface area (Å²) in [4.78, 5) is 29.0. The fourth-order valence-corrected chi connectivity index (χ4v) is 5.06. The monoisotopic (exact) mass is 443 g/mol. The second kappa shape index (κ2) is 8.68. The minimum absolute atomic E-state index is 0.0364. The Hall–Kier alpha value is -2.91. The van der Waals surface area contributed by atoms with Gasteiger partial charge in [0.15, 0.2) is 0 Å². The average Bonchev–Trinajstić information content (AvgIpc) is 3.61. The number of rotatable bonds is 6. The van der Waals surface area contributed by atoms with Crippen LogP contribution in [0.2, 0.25) is 0 Å². The number of nitrogens with one attached hydrogen (secondary N) is 1. The molecule has 0 radical (unpaired) electrons.